The summed E-state index contributed by atoms with van der Waals surface area (Å²) in [5.41, 5.74) is 1.35. The monoisotopic (exact) mass is 399 g/mol. The van der Waals surface area contributed by atoms with Crippen LogP contribution in [0.5, 0.6) is 0 Å². The first kappa shape index (κ1) is 20.2. The van der Waals surface area contributed by atoms with Crippen LogP contribution in [0.25, 0.3) is 0 Å². The minimum Gasteiger partial charge on any atom is -0.373 e. The molecule has 0 radical (unpaired) electrons. The molecule has 158 valence electrons. The second-order valence-electron chi connectivity index (χ2n) is 8.26. The molecular formula is C22H33N5O2. The third-order valence-electron chi connectivity index (χ3n) is 5.96. The van der Waals surface area contributed by atoms with Gasteiger partial charge in [-0.05, 0) is 24.8 Å². The summed E-state index contributed by atoms with van der Waals surface area (Å²) in [5, 5.41) is 6.47. The number of morpholine rings is 1. The number of carbonyl (C=O) groups excluding carboxylic acids is 1. The van der Waals surface area contributed by atoms with Crippen LogP contribution in [0.15, 0.2) is 35.3 Å². The summed E-state index contributed by atoms with van der Waals surface area (Å²) in [6.45, 7) is 5.24. The summed E-state index contributed by atoms with van der Waals surface area (Å²) in [6.07, 6.45) is 3.87. The van der Waals surface area contributed by atoms with Gasteiger partial charge in [0.1, 0.15) is 0 Å². The quantitative estimate of drug-likeness (QED) is 0.410. The normalized spacial score (nSPS) is 25.0. The Morgan fingerprint density at radius 2 is 2.07 bits per heavy atom. The molecular weight excluding hydrogens is 366 g/mol. The molecule has 0 spiro atoms. The number of benzene rings is 1. The molecule has 4 rings (SSSR count). The molecule has 3 fully saturated rings. The number of nitrogens with zero attached hydrogens (tertiary/aromatic N) is 3. The summed E-state index contributed by atoms with van der Waals surface area (Å²) < 4.78 is 6.08. The van der Waals surface area contributed by atoms with Crippen LogP contribution in [0.2, 0.25) is 0 Å². The van der Waals surface area contributed by atoms with E-state index in [0.29, 0.717) is 18.5 Å². The summed E-state index contributed by atoms with van der Waals surface area (Å²) in [6, 6.07) is 11.5. The molecule has 1 aromatic carbocycles. The number of rotatable bonds is 7. The van der Waals surface area contributed by atoms with Gasteiger partial charge in [0.25, 0.3) is 0 Å². The average molecular weight is 400 g/mol. The van der Waals surface area contributed by atoms with Crippen LogP contribution in [0.1, 0.15) is 31.2 Å². The van der Waals surface area contributed by atoms with Crippen molar-refractivity contribution in [1.29, 1.82) is 0 Å². The van der Waals surface area contributed by atoms with Crippen molar-refractivity contribution in [2.75, 3.05) is 39.8 Å². The van der Waals surface area contributed by atoms with E-state index in [0.717, 1.165) is 64.6 Å². The highest BCUT2D eigenvalue weighted by molar-refractivity contribution is 5.80. The van der Waals surface area contributed by atoms with Gasteiger partial charge in [-0.25, -0.2) is 0 Å². The summed E-state index contributed by atoms with van der Waals surface area (Å²) in [5.74, 6) is 1.08. The highest BCUT2D eigenvalue weighted by Gasteiger charge is 2.41. The van der Waals surface area contributed by atoms with Gasteiger partial charge in [-0.1, -0.05) is 30.3 Å². The zero-order valence-electron chi connectivity index (χ0n) is 17.3. The molecule has 7 heteroatoms. The molecule has 2 N–H and O–H groups in total. The maximum atomic E-state index is 11.8. The number of nitrogens with one attached hydrogen (secondary N) is 2. The van der Waals surface area contributed by atoms with E-state index in [9.17, 15) is 4.79 Å². The Morgan fingerprint density at radius 3 is 2.83 bits per heavy atom. The van der Waals surface area contributed by atoms with E-state index in [4.69, 9.17) is 4.74 Å². The Morgan fingerprint density at radius 1 is 1.24 bits per heavy atom. The van der Waals surface area contributed by atoms with Crippen LogP contribution >= 0.6 is 0 Å². The van der Waals surface area contributed by atoms with Crippen LogP contribution in [-0.2, 0) is 16.1 Å². The van der Waals surface area contributed by atoms with Crippen molar-refractivity contribution in [3.63, 3.8) is 0 Å². The predicted octanol–water partition coefficient (Wildman–Crippen LogP) is 1.21. The molecule has 2 aliphatic heterocycles. The molecule has 2 saturated heterocycles. The van der Waals surface area contributed by atoms with E-state index in [-0.39, 0.29) is 12.0 Å². The first-order chi connectivity index (χ1) is 14.2. The van der Waals surface area contributed by atoms with Gasteiger partial charge in [-0.2, -0.15) is 0 Å². The van der Waals surface area contributed by atoms with Crippen molar-refractivity contribution in [2.24, 2.45) is 4.99 Å². The Balaban J connectivity index is 1.25. The van der Waals surface area contributed by atoms with Gasteiger partial charge in [0.2, 0.25) is 5.91 Å². The Kier molecular flexibility index (Phi) is 6.67. The second-order valence-corrected chi connectivity index (χ2v) is 8.26. The number of carbonyl (C=O) groups is 1. The van der Waals surface area contributed by atoms with E-state index < -0.39 is 0 Å². The number of guanidine groups is 1. The number of hydrogen-bond acceptors (Lipinski definition) is 4. The van der Waals surface area contributed by atoms with Gasteiger partial charge in [0, 0.05) is 52.2 Å². The summed E-state index contributed by atoms with van der Waals surface area (Å²) >= 11 is 0. The topological polar surface area (TPSA) is 69.2 Å². The van der Waals surface area contributed by atoms with Crippen LogP contribution < -0.4 is 10.6 Å². The fraction of sp³-hybridized carbons (Fsp3) is 0.636. The Hall–Kier alpha value is -2.12. The van der Waals surface area contributed by atoms with Gasteiger partial charge in [-0.3, -0.25) is 14.7 Å². The van der Waals surface area contributed by atoms with Crippen molar-refractivity contribution >= 4 is 11.9 Å². The molecule has 0 aromatic heterocycles. The molecule has 2 heterocycles. The SMILES string of the molecule is CN=C(NCCCC(=O)NC1CC1)N1CC2OCCN(Cc3ccccc3)C2C1. The number of likely N-dealkylation sites (tertiary alicyclic amines) is 1. The van der Waals surface area contributed by atoms with Gasteiger partial charge in [-0.15, -0.1) is 0 Å². The van der Waals surface area contributed by atoms with Crippen molar-refractivity contribution < 1.29 is 9.53 Å². The van der Waals surface area contributed by atoms with Crippen molar-refractivity contribution in [2.45, 2.75) is 50.4 Å². The average Bonchev–Trinajstić information content (AvgIpc) is 3.43. The number of amides is 1. The number of fused-ring (bicyclic) bond motifs is 1. The Bertz CT molecular complexity index is 706. The van der Waals surface area contributed by atoms with Crippen molar-refractivity contribution in [3.05, 3.63) is 35.9 Å². The Labute approximate surface area is 173 Å². The molecule has 1 saturated carbocycles. The lowest BCUT2D eigenvalue weighted by atomic mass is 10.1. The molecule has 2 unspecified atom stereocenters. The second kappa shape index (κ2) is 9.59. The third-order valence-corrected chi connectivity index (χ3v) is 5.96. The zero-order valence-corrected chi connectivity index (χ0v) is 17.3. The van der Waals surface area contributed by atoms with Gasteiger partial charge in [0.15, 0.2) is 5.96 Å². The molecule has 1 aliphatic carbocycles. The summed E-state index contributed by atoms with van der Waals surface area (Å²) in [7, 11) is 1.83. The highest BCUT2D eigenvalue weighted by atomic mass is 16.5. The predicted molar refractivity (Wildman–Crippen MR) is 114 cm³/mol. The van der Waals surface area contributed by atoms with Crippen molar-refractivity contribution in [1.82, 2.24) is 20.4 Å². The highest BCUT2D eigenvalue weighted by Crippen LogP contribution is 2.24. The molecule has 29 heavy (non-hydrogen) atoms. The molecule has 2 atom stereocenters. The zero-order chi connectivity index (χ0) is 20.1. The first-order valence-electron chi connectivity index (χ1n) is 10.9. The minimum absolute atomic E-state index is 0.168. The molecule has 0 bridgehead atoms. The fourth-order valence-corrected chi connectivity index (χ4v) is 4.25. The van der Waals surface area contributed by atoms with Crippen LogP contribution in [0.4, 0.5) is 0 Å². The van der Waals surface area contributed by atoms with E-state index >= 15 is 0 Å². The standard InChI is InChI=1S/C22H33N5O2/c1-23-22(24-11-5-8-21(28)25-18-9-10-18)27-15-19-20(16-27)29-13-12-26(19)14-17-6-3-2-4-7-17/h2-4,6-7,18-20H,5,8-16H2,1H3,(H,23,24)(H,25,28). The van der Waals surface area contributed by atoms with Gasteiger partial charge in [0.05, 0.1) is 18.8 Å². The first-order valence-corrected chi connectivity index (χ1v) is 10.9. The van der Waals surface area contributed by atoms with Crippen LogP contribution in [0, 0.1) is 0 Å². The number of hydrogen-bond donors (Lipinski definition) is 2. The van der Waals surface area contributed by atoms with E-state index in [1.807, 2.05) is 7.05 Å². The minimum atomic E-state index is 0.168. The molecule has 1 aromatic rings. The summed E-state index contributed by atoms with van der Waals surface area (Å²) in [4.78, 5) is 21.1. The molecule has 3 aliphatic rings. The lowest BCUT2D eigenvalue weighted by molar-refractivity contribution is -0.121. The number of ether oxygens (including phenoxy) is 1. The third kappa shape index (κ3) is 5.48. The lowest BCUT2D eigenvalue weighted by Crippen LogP contribution is -2.50. The molecule has 7 nitrogen and oxygen atoms in total. The number of aliphatic imine (C=N–C) groups is 1. The largest absolute Gasteiger partial charge is 0.373 e. The maximum Gasteiger partial charge on any atom is 0.220 e. The lowest BCUT2D eigenvalue weighted by Gasteiger charge is -2.36. The van der Waals surface area contributed by atoms with Crippen molar-refractivity contribution in [3.8, 4) is 0 Å². The van der Waals surface area contributed by atoms with Crippen LogP contribution in [0.3, 0.4) is 0 Å². The van der Waals surface area contributed by atoms with Crippen LogP contribution in [-0.4, -0.2) is 79.7 Å². The smallest absolute Gasteiger partial charge is 0.220 e. The van der Waals surface area contributed by atoms with E-state index in [2.05, 4.69) is 55.8 Å². The van der Waals surface area contributed by atoms with E-state index in [1.54, 1.807) is 0 Å². The fourth-order valence-electron chi connectivity index (χ4n) is 4.25. The van der Waals surface area contributed by atoms with Gasteiger partial charge >= 0.3 is 0 Å². The van der Waals surface area contributed by atoms with E-state index in [1.165, 1.54) is 5.56 Å². The maximum absolute atomic E-state index is 11.8. The van der Waals surface area contributed by atoms with Gasteiger partial charge < -0.3 is 20.3 Å². The molecule has 1 amide bonds.